The second-order valence-corrected chi connectivity index (χ2v) is 6.82. The number of benzene rings is 2. The third-order valence-electron chi connectivity index (χ3n) is 4.99. The van der Waals surface area contributed by atoms with Crippen LogP contribution >= 0.6 is 0 Å². The second-order valence-electron chi connectivity index (χ2n) is 6.82. The minimum absolute atomic E-state index is 0.00438. The van der Waals surface area contributed by atoms with E-state index in [-0.39, 0.29) is 11.6 Å². The molecular formula is C21H23F3N2O2. The topological polar surface area (TPSA) is 41.6 Å². The lowest BCUT2D eigenvalue weighted by Gasteiger charge is -2.28. The zero-order valence-corrected chi connectivity index (χ0v) is 15.6. The van der Waals surface area contributed by atoms with Gasteiger partial charge in [-0.2, -0.15) is 13.2 Å². The number of halogens is 3. The number of nitrogens with zero attached hydrogens (tertiary/aromatic N) is 1. The van der Waals surface area contributed by atoms with Gasteiger partial charge in [0.25, 0.3) is 5.91 Å². The Morgan fingerprint density at radius 1 is 1.14 bits per heavy atom. The molecule has 1 atom stereocenters. The molecule has 1 aliphatic heterocycles. The molecule has 0 spiro atoms. The molecule has 0 aliphatic carbocycles. The average Bonchev–Trinajstić information content (AvgIpc) is 3.22. The van der Waals surface area contributed by atoms with E-state index >= 15 is 0 Å². The van der Waals surface area contributed by atoms with Crippen molar-refractivity contribution in [3.63, 3.8) is 0 Å². The van der Waals surface area contributed by atoms with Crippen LogP contribution in [0, 0.1) is 0 Å². The molecular weight excluding hydrogens is 369 g/mol. The Balaban J connectivity index is 1.73. The fourth-order valence-electron chi connectivity index (χ4n) is 3.47. The van der Waals surface area contributed by atoms with Crippen molar-refractivity contribution in [3.8, 4) is 5.75 Å². The van der Waals surface area contributed by atoms with Gasteiger partial charge in [0.2, 0.25) is 0 Å². The summed E-state index contributed by atoms with van der Waals surface area (Å²) < 4.78 is 43.8. The van der Waals surface area contributed by atoms with Gasteiger partial charge in [-0.05, 0) is 61.8 Å². The third kappa shape index (κ3) is 4.84. The van der Waals surface area contributed by atoms with Gasteiger partial charge in [0, 0.05) is 12.1 Å². The SMILES string of the molecule is COc1ccc(C(CNC(=O)c2cccc(C(F)(F)F)c2)N2CCCC2)cc1. The number of hydrogen-bond donors (Lipinski definition) is 1. The molecule has 1 amide bonds. The Kier molecular flexibility index (Phi) is 6.24. The normalized spacial score (nSPS) is 16.0. The van der Waals surface area contributed by atoms with E-state index in [0.29, 0.717) is 6.54 Å². The van der Waals surface area contributed by atoms with Crippen molar-refractivity contribution >= 4 is 5.91 Å². The molecule has 1 unspecified atom stereocenters. The van der Waals surface area contributed by atoms with E-state index in [1.807, 2.05) is 24.3 Å². The summed E-state index contributed by atoms with van der Waals surface area (Å²) in [5, 5.41) is 2.80. The van der Waals surface area contributed by atoms with Crippen molar-refractivity contribution in [1.82, 2.24) is 10.2 Å². The summed E-state index contributed by atoms with van der Waals surface area (Å²) in [4.78, 5) is 14.7. The highest BCUT2D eigenvalue weighted by atomic mass is 19.4. The van der Waals surface area contributed by atoms with Crippen LogP contribution in [-0.2, 0) is 6.18 Å². The highest BCUT2D eigenvalue weighted by Crippen LogP contribution is 2.30. The van der Waals surface area contributed by atoms with Crippen LogP contribution in [-0.4, -0.2) is 37.6 Å². The Morgan fingerprint density at radius 2 is 1.82 bits per heavy atom. The summed E-state index contributed by atoms with van der Waals surface area (Å²) in [6, 6.07) is 12.1. The van der Waals surface area contributed by atoms with Crippen molar-refractivity contribution in [2.75, 3.05) is 26.7 Å². The predicted molar refractivity (Wildman–Crippen MR) is 100 cm³/mol. The van der Waals surface area contributed by atoms with E-state index in [1.165, 1.54) is 12.1 Å². The van der Waals surface area contributed by atoms with Crippen LogP contribution in [0.4, 0.5) is 13.2 Å². The molecule has 2 aromatic carbocycles. The number of amides is 1. The fraction of sp³-hybridized carbons (Fsp3) is 0.381. The molecule has 0 saturated carbocycles. The van der Waals surface area contributed by atoms with Gasteiger partial charge in [0.1, 0.15) is 5.75 Å². The lowest BCUT2D eigenvalue weighted by molar-refractivity contribution is -0.137. The average molecular weight is 392 g/mol. The van der Waals surface area contributed by atoms with Gasteiger partial charge in [0.05, 0.1) is 18.7 Å². The molecule has 4 nitrogen and oxygen atoms in total. The summed E-state index contributed by atoms with van der Waals surface area (Å²) in [7, 11) is 1.60. The van der Waals surface area contributed by atoms with Gasteiger partial charge in [-0.25, -0.2) is 0 Å². The van der Waals surface area contributed by atoms with Crippen molar-refractivity contribution in [1.29, 1.82) is 0 Å². The quantitative estimate of drug-likeness (QED) is 0.798. The van der Waals surface area contributed by atoms with Crippen molar-refractivity contribution < 1.29 is 22.7 Å². The Morgan fingerprint density at radius 3 is 2.43 bits per heavy atom. The number of carbonyl (C=O) groups excluding carboxylic acids is 1. The molecule has 0 aromatic heterocycles. The maximum atomic E-state index is 12.9. The zero-order chi connectivity index (χ0) is 20.1. The molecule has 0 bridgehead atoms. The minimum Gasteiger partial charge on any atom is -0.497 e. The summed E-state index contributed by atoms with van der Waals surface area (Å²) in [5.41, 5.74) is 0.211. The van der Waals surface area contributed by atoms with Crippen molar-refractivity contribution in [2.24, 2.45) is 0 Å². The van der Waals surface area contributed by atoms with Crippen LogP contribution in [0.5, 0.6) is 5.75 Å². The smallest absolute Gasteiger partial charge is 0.416 e. The largest absolute Gasteiger partial charge is 0.497 e. The molecule has 1 heterocycles. The van der Waals surface area contributed by atoms with E-state index in [9.17, 15) is 18.0 Å². The number of nitrogens with one attached hydrogen (secondary N) is 1. The Hall–Kier alpha value is -2.54. The van der Waals surface area contributed by atoms with Gasteiger partial charge in [-0.1, -0.05) is 18.2 Å². The molecule has 1 saturated heterocycles. The predicted octanol–water partition coefficient (Wildman–Crippen LogP) is 4.28. The molecule has 1 fully saturated rings. The number of carbonyl (C=O) groups is 1. The standard InChI is InChI=1S/C21H23F3N2O2/c1-28-18-9-7-15(8-10-18)19(26-11-2-3-12-26)14-25-20(27)16-5-4-6-17(13-16)21(22,23)24/h4-10,13,19H,2-3,11-12,14H2,1H3,(H,25,27). The number of ether oxygens (including phenoxy) is 1. The molecule has 28 heavy (non-hydrogen) atoms. The summed E-state index contributed by atoms with van der Waals surface area (Å²) in [6.07, 6.45) is -2.29. The highest BCUT2D eigenvalue weighted by Gasteiger charge is 2.31. The number of likely N-dealkylation sites (tertiary alicyclic amines) is 1. The Labute approximate surface area is 162 Å². The number of alkyl halides is 3. The summed E-state index contributed by atoms with van der Waals surface area (Å²) >= 11 is 0. The molecule has 7 heteroatoms. The first-order chi connectivity index (χ1) is 13.4. The lowest BCUT2D eigenvalue weighted by atomic mass is 10.0. The van der Waals surface area contributed by atoms with E-state index in [1.54, 1.807) is 7.11 Å². The second kappa shape index (κ2) is 8.65. The van der Waals surface area contributed by atoms with Crippen molar-refractivity contribution in [3.05, 3.63) is 65.2 Å². The lowest BCUT2D eigenvalue weighted by Crippen LogP contribution is -2.36. The van der Waals surface area contributed by atoms with E-state index < -0.39 is 17.6 Å². The van der Waals surface area contributed by atoms with E-state index in [0.717, 1.165) is 49.4 Å². The minimum atomic E-state index is -4.47. The number of methoxy groups -OCH3 is 1. The van der Waals surface area contributed by atoms with E-state index in [2.05, 4.69) is 10.2 Å². The monoisotopic (exact) mass is 392 g/mol. The highest BCUT2D eigenvalue weighted by molar-refractivity contribution is 5.94. The Bertz CT molecular complexity index is 800. The molecule has 150 valence electrons. The summed E-state index contributed by atoms with van der Waals surface area (Å²) in [5.74, 6) is 0.237. The van der Waals surface area contributed by atoms with Gasteiger partial charge >= 0.3 is 6.18 Å². The molecule has 1 N–H and O–H groups in total. The van der Waals surface area contributed by atoms with Gasteiger partial charge in [0.15, 0.2) is 0 Å². The van der Waals surface area contributed by atoms with Crippen LogP contribution in [0.15, 0.2) is 48.5 Å². The maximum Gasteiger partial charge on any atom is 0.416 e. The first-order valence-corrected chi connectivity index (χ1v) is 9.22. The van der Waals surface area contributed by atoms with Gasteiger partial charge in [-0.3, -0.25) is 9.69 Å². The van der Waals surface area contributed by atoms with Crippen LogP contribution in [0.25, 0.3) is 0 Å². The third-order valence-corrected chi connectivity index (χ3v) is 4.99. The van der Waals surface area contributed by atoms with Crippen LogP contribution < -0.4 is 10.1 Å². The molecule has 1 aliphatic rings. The molecule has 3 rings (SSSR count). The van der Waals surface area contributed by atoms with Crippen LogP contribution in [0.3, 0.4) is 0 Å². The van der Waals surface area contributed by atoms with Crippen LogP contribution in [0.2, 0.25) is 0 Å². The number of hydrogen-bond acceptors (Lipinski definition) is 3. The number of rotatable bonds is 6. The first kappa shape index (κ1) is 20.2. The van der Waals surface area contributed by atoms with Gasteiger partial charge < -0.3 is 10.1 Å². The van der Waals surface area contributed by atoms with Crippen molar-refractivity contribution in [2.45, 2.75) is 25.1 Å². The fourth-order valence-corrected chi connectivity index (χ4v) is 3.47. The molecule has 2 aromatic rings. The van der Waals surface area contributed by atoms with Gasteiger partial charge in [-0.15, -0.1) is 0 Å². The molecule has 0 radical (unpaired) electrons. The first-order valence-electron chi connectivity index (χ1n) is 9.22. The van der Waals surface area contributed by atoms with E-state index in [4.69, 9.17) is 4.74 Å². The summed E-state index contributed by atoms with van der Waals surface area (Å²) in [6.45, 7) is 2.17. The maximum absolute atomic E-state index is 12.9. The van der Waals surface area contributed by atoms with Crippen LogP contribution in [0.1, 0.15) is 40.4 Å². The zero-order valence-electron chi connectivity index (χ0n) is 15.6.